The quantitative estimate of drug-likeness (QED) is 0.928. The molecule has 5 heteroatoms. The van der Waals surface area contributed by atoms with Gasteiger partial charge in [-0.15, -0.1) is 0 Å². The Kier molecular flexibility index (Phi) is 4.93. The number of hydrogen-bond acceptors (Lipinski definition) is 3. The largest absolute Gasteiger partial charge is 0.481 e. The van der Waals surface area contributed by atoms with E-state index in [4.69, 9.17) is 0 Å². The molecule has 0 spiro atoms. The molecule has 1 aromatic carbocycles. The minimum atomic E-state index is -0.860. The van der Waals surface area contributed by atoms with E-state index in [9.17, 15) is 14.7 Å². The number of carboxylic acid groups (broad SMARTS) is 1. The summed E-state index contributed by atoms with van der Waals surface area (Å²) in [4.78, 5) is 25.8. The van der Waals surface area contributed by atoms with Gasteiger partial charge < -0.3 is 10.0 Å². The molecule has 0 radical (unpaired) electrons. The molecule has 1 fully saturated rings. The molecule has 1 aliphatic rings. The van der Waals surface area contributed by atoms with Crippen LogP contribution >= 0.6 is 11.8 Å². The van der Waals surface area contributed by atoms with E-state index in [1.807, 2.05) is 43.5 Å². The predicted molar refractivity (Wildman–Crippen MR) is 84.5 cm³/mol. The fraction of sp³-hybridized carbons (Fsp3) is 0.500. The maximum atomic E-state index is 12.2. The minimum Gasteiger partial charge on any atom is -0.481 e. The van der Waals surface area contributed by atoms with E-state index in [-0.39, 0.29) is 11.2 Å². The molecule has 114 valence electrons. The standard InChI is InChI=1S/C16H21NO3S/c1-12(21-2)14(18)17-10-8-16(9-11-17,15(19)20)13-6-4-3-5-7-13/h3-7,12H,8-11H2,1-2H3,(H,19,20). The van der Waals surface area contributed by atoms with Crippen molar-refractivity contribution in [1.29, 1.82) is 0 Å². The molecule has 0 bridgehead atoms. The van der Waals surface area contributed by atoms with Crippen LogP contribution in [0.25, 0.3) is 0 Å². The van der Waals surface area contributed by atoms with E-state index in [1.165, 1.54) is 11.8 Å². The Labute approximate surface area is 129 Å². The van der Waals surface area contributed by atoms with E-state index in [0.29, 0.717) is 25.9 Å². The van der Waals surface area contributed by atoms with Crippen molar-refractivity contribution >= 4 is 23.6 Å². The van der Waals surface area contributed by atoms with Crippen molar-refractivity contribution in [2.24, 2.45) is 0 Å². The minimum absolute atomic E-state index is 0.0703. The zero-order valence-electron chi connectivity index (χ0n) is 12.4. The monoisotopic (exact) mass is 307 g/mol. The molecule has 1 atom stereocenters. The van der Waals surface area contributed by atoms with Crippen LogP contribution in [0.1, 0.15) is 25.3 Å². The van der Waals surface area contributed by atoms with Crippen molar-refractivity contribution in [3.63, 3.8) is 0 Å². The zero-order chi connectivity index (χ0) is 15.5. The summed E-state index contributed by atoms with van der Waals surface area (Å²) in [6.45, 7) is 2.90. The van der Waals surface area contributed by atoms with Crippen LogP contribution < -0.4 is 0 Å². The van der Waals surface area contributed by atoms with Gasteiger partial charge in [0.1, 0.15) is 0 Å². The van der Waals surface area contributed by atoms with Gasteiger partial charge in [0.05, 0.1) is 10.7 Å². The topological polar surface area (TPSA) is 57.6 Å². The lowest BCUT2D eigenvalue weighted by Crippen LogP contribution is -2.50. The van der Waals surface area contributed by atoms with Gasteiger partial charge in [-0.3, -0.25) is 9.59 Å². The van der Waals surface area contributed by atoms with E-state index >= 15 is 0 Å². The lowest BCUT2D eigenvalue weighted by molar-refractivity contribution is -0.148. The number of carboxylic acids is 1. The molecule has 1 aromatic rings. The summed E-state index contributed by atoms with van der Waals surface area (Å²) in [5, 5.41) is 9.64. The van der Waals surface area contributed by atoms with Gasteiger partial charge >= 0.3 is 5.97 Å². The second-order valence-corrected chi connectivity index (χ2v) is 6.64. The number of carbonyl (C=O) groups excluding carboxylic acids is 1. The number of amides is 1. The molecule has 1 amide bonds. The average molecular weight is 307 g/mol. The zero-order valence-corrected chi connectivity index (χ0v) is 13.2. The number of hydrogen-bond donors (Lipinski definition) is 1. The molecule has 4 nitrogen and oxygen atoms in total. The first-order valence-corrected chi connectivity index (χ1v) is 8.40. The number of benzene rings is 1. The number of rotatable bonds is 4. The molecule has 21 heavy (non-hydrogen) atoms. The summed E-state index contributed by atoms with van der Waals surface area (Å²) in [5.74, 6) is -0.687. The van der Waals surface area contributed by atoms with Crippen LogP contribution in [0.15, 0.2) is 30.3 Å². The molecule has 0 saturated carbocycles. The molecular formula is C16H21NO3S. The molecule has 1 N–H and O–H groups in total. The van der Waals surface area contributed by atoms with Crippen molar-refractivity contribution in [3.05, 3.63) is 35.9 Å². The van der Waals surface area contributed by atoms with Crippen LogP contribution in [0.5, 0.6) is 0 Å². The first kappa shape index (κ1) is 15.9. The van der Waals surface area contributed by atoms with Crippen LogP contribution in [0.2, 0.25) is 0 Å². The van der Waals surface area contributed by atoms with E-state index in [2.05, 4.69) is 0 Å². The predicted octanol–water partition coefficient (Wildman–Crippen LogP) is 2.38. The maximum absolute atomic E-state index is 12.2. The second kappa shape index (κ2) is 6.52. The highest BCUT2D eigenvalue weighted by molar-refractivity contribution is 7.99. The maximum Gasteiger partial charge on any atom is 0.314 e. The Morgan fingerprint density at radius 2 is 1.81 bits per heavy atom. The Morgan fingerprint density at radius 3 is 2.29 bits per heavy atom. The summed E-state index contributed by atoms with van der Waals surface area (Å²) in [6.07, 6.45) is 2.86. The number of likely N-dealkylation sites (tertiary alicyclic amines) is 1. The summed E-state index contributed by atoms with van der Waals surface area (Å²) in [5.41, 5.74) is -0.0248. The van der Waals surface area contributed by atoms with Gasteiger partial charge in [-0.25, -0.2) is 0 Å². The molecule has 1 aliphatic heterocycles. The van der Waals surface area contributed by atoms with Crippen LogP contribution in [-0.2, 0) is 15.0 Å². The highest BCUT2D eigenvalue weighted by Gasteiger charge is 2.44. The van der Waals surface area contributed by atoms with Crippen molar-refractivity contribution < 1.29 is 14.7 Å². The average Bonchev–Trinajstić information content (AvgIpc) is 2.54. The second-order valence-electron chi connectivity index (χ2n) is 5.46. The van der Waals surface area contributed by atoms with Crippen molar-refractivity contribution in [1.82, 2.24) is 4.90 Å². The molecule has 0 aliphatic carbocycles. The van der Waals surface area contributed by atoms with Gasteiger partial charge in [0.25, 0.3) is 0 Å². The van der Waals surface area contributed by atoms with Gasteiger partial charge in [0.15, 0.2) is 0 Å². The van der Waals surface area contributed by atoms with Crippen molar-refractivity contribution in [2.45, 2.75) is 30.4 Å². The van der Waals surface area contributed by atoms with Crippen molar-refractivity contribution in [3.8, 4) is 0 Å². The number of carbonyl (C=O) groups is 2. The third-order valence-electron chi connectivity index (χ3n) is 4.37. The van der Waals surface area contributed by atoms with Crippen LogP contribution in [-0.4, -0.2) is 46.5 Å². The smallest absolute Gasteiger partial charge is 0.314 e. The molecular weight excluding hydrogens is 286 g/mol. The number of thioether (sulfide) groups is 1. The first-order chi connectivity index (χ1) is 10.0. The highest BCUT2D eigenvalue weighted by Crippen LogP contribution is 2.36. The molecule has 1 unspecified atom stereocenters. The van der Waals surface area contributed by atoms with Crippen LogP contribution in [0, 0.1) is 0 Å². The van der Waals surface area contributed by atoms with E-state index < -0.39 is 11.4 Å². The molecule has 2 rings (SSSR count). The van der Waals surface area contributed by atoms with Gasteiger partial charge in [-0.2, -0.15) is 11.8 Å². The number of piperidine rings is 1. The van der Waals surface area contributed by atoms with Gasteiger partial charge in [0, 0.05) is 13.1 Å². The summed E-state index contributed by atoms with van der Waals surface area (Å²) >= 11 is 1.52. The SMILES string of the molecule is CSC(C)C(=O)N1CCC(C(=O)O)(c2ccccc2)CC1. The highest BCUT2D eigenvalue weighted by atomic mass is 32.2. The number of nitrogens with zero attached hydrogens (tertiary/aromatic N) is 1. The Hall–Kier alpha value is -1.49. The normalized spacial score (nSPS) is 19.0. The summed E-state index contributed by atoms with van der Waals surface area (Å²) in [6, 6.07) is 9.37. The Balaban J connectivity index is 2.16. The van der Waals surface area contributed by atoms with E-state index in [0.717, 1.165) is 5.56 Å². The van der Waals surface area contributed by atoms with Crippen LogP contribution in [0.4, 0.5) is 0 Å². The Morgan fingerprint density at radius 1 is 1.24 bits per heavy atom. The number of aliphatic carboxylic acids is 1. The molecule has 0 aromatic heterocycles. The fourth-order valence-corrected chi connectivity index (χ4v) is 3.20. The lowest BCUT2D eigenvalue weighted by Gasteiger charge is -2.39. The fourth-order valence-electron chi connectivity index (χ4n) is 2.85. The first-order valence-electron chi connectivity index (χ1n) is 7.12. The summed E-state index contributed by atoms with van der Waals surface area (Å²) in [7, 11) is 0. The Bertz CT molecular complexity index is 510. The van der Waals surface area contributed by atoms with Gasteiger partial charge in [0.2, 0.25) is 5.91 Å². The molecule has 1 saturated heterocycles. The van der Waals surface area contributed by atoms with Gasteiger partial charge in [-0.1, -0.05) is 30.3 Å². The third-order valence-corrected chi connectivity index (χ3v) is 5.27. The van der Waals surface area contributed by atoms with Gasteiger partial charge in [-0.05, 0) is 31.6 Å². The van der Waals surface area contributed by atoms with E-state index in [1.54, 1.807) is 4.90 Å². The van der Waals surface area contributed by atoms with Crippen molar-refractivity contribution in [2.75, 3.05) is 19.3 Å². The summed E-state index contributed by atoms with van der Waals surface area (Å²) < 4.78 is 0. The lowest BCUT2D eigenvalue weighted by atomic mass is 9.73. The molecule has 1 heterocycles. The third kappa shape index (κ3) is 3.07. The van der Waals surface area contributed by atoms with Crippen LogP contribution in [0.3, 0.4) is 0 Å².